The number of nitrogens with one attached hydrogen (secondary N) is 1. The summed E-state index contributed by atoms with van der Waals surface area (Å²) in [6.45, 7) is 11.6. The molecule has 0 amide bonds. The minimum atomic E-state index is 0.699. The molecule has 0 fully saturated rings. The highest BCUT2D eigenvalue weighted by Crippen LogP contribution is 2.23. The molecule has 0 spiro atoms. The van der Waals surface area contributed by atoms with Crippen LogP contribution in [0.1, 0.15) is 40.5 Å². The van der Waals surface area contributed by atoms with Gasteiger partial charge in [0, 0.05) is 32.0 Å². The molecule has 0 aliphatic carbocycles. The normalized spacial score (nSPS) is 11.3. The molecule has 0 atom stereocenters. The number of aromatic nitrogens is 3. The molecule has 0 saturated heterocycles. The zero-order valence-corrected chi connectivity index (χ0v) is 13.6. The third kappa shape index (κ3) is 3.46. The molecule has 2 heterocycles. The van der Waals surface area contributed by atoms with Crippen LogP contribution in [0, 0.1) is 5.92 Å². The third-order valence-electron chi connectivity index (χ3n) is 4.03. The Bertz CT molecular complexity index is 559. The Morgan fingerprint density at radius 2 is 2.00 bits per heavy atom. The predicted octanol–water partition coefficient (Wildman–Crippen LogP) is 3.42. The molecule has 2 aromatic heterocycles. The van der Waals surface area contributed by atoms with E-state index in [1.165, 1.54) is 12.8 Å². The Balaban J connectivity index is 2.38. The van der Waals surface area contributed by atoms with Crippen molar-refractivity contribution in [2.75, 3.05) is 29.9 Å². The summed E-state index contributed by atoms with van der Waals surface area (Å²) in [5, 5.41) is 3.30. The number of imidazole rings is 1. The molecule has 116 valence electrons. The van der Waals surface area contributed by atoms with Crippen LogP contribution >= 0.6 is 0 Å². The number of anilines is 2. The molecule has 0 unspecified atom stereocenters. The Labute approximate surface area is 127 Å². The average molecular weight is 289 g/mol. The van der Waals surface area contributed by atoms with E-state index in [1.807, 2.05) is 18.6 Å². The first-order valence-electron chi connectivity index (χ1n) is 8.05. The second kappa shape index (κ2) is 7.29. The summed E-state index contributed by atoms with van der Waals surface area (Å²) in [6.07, 6.45) is 8.21. The first kappa shape index (κ1) is 15.6. The maximum absolute atomic E-state index is 4.79. The number of hydrogen-bond donors (Lipinski definition) is 1. The van der Waals surface area contributed by atoms with Crippen molar-refractivity contribution in [3.63, 3.8) is 0 Å². The van der Waals surface area contributed by atoms with Gasteiger partial charge in [-0.15, -0.1) is 0 Å². The molecule has 0 radical (unpaired) electrons. The maximum Gasteiger partial charge on any atom is 0.180 e. The lowest BCUT2D eigenvalue weighted by atomic mass is 10.0. The molecular formula is C16H27N5. The second-order valence-electron chi connectivity index (χ2n) is 5.36. The average Bonchev–Trinajstić information content (AvgIpc) is 2.97. The molecule has 1 N–H and O–H groups in total. The molecule has 21 heavy (non-hydrogen) atoms. The van der Waals surface area contributed by atoms with Crippen molar-refractivity contribution < 1.29 is 0 Å². The largest absolute Gasteiger partial charge is 0.369 e. The summed E-state index contributed by atoms with van der Waals surface area (Å²) in [4.78, 5) is 11.6. The van der Waals surface area contributed by atoms with E-state index < -0.39 is 0 Å². The van der Waals surface area contributed by atoms with Crippen LogP contribution in [0.15, 0.2) is 18.6 Å². The summed E-state index contributed by atoms with van der Waals surface area (Å²) in [5.41, 5.74) is 0.935. The van der Waals surface area contributed by atoms with Gasteiger partial charge in [0.25, 0.3) is 0 Å². The highest BCUT2D eigenvalue weighted by atomic mass is 15.2. The zero-order valence-electron chi connectivity index (χ0n) is 13.6. The van der Waals surface area contributed by atoms with E-state index >= 15 is 0 Å². The molecule has 0 aromatic carbocycles. The van der Waals surface area contributed by atoms with Crippen molar-refractivity contribution in [3.05, 3.63) is 18.6 Å². The van der Waals surface area contributed by atoms with Gasteiger partial charge in [-0.2, -0.15) is 0 Å². The number of nitrogens with zero attached hydrogens (tertiary/aromatic N) is 4. The highest BCUT2D eigenvalue weighted by molar-refractivity contribution is 5.66. The smallest absolute Gasteiger partial charge is 0.180 e. The van der Waals surface area contributed by atoms with E-state index in [0.717, 1.165) is 36.9 Å². The van der Waals surface area contributed by atoms with Gasteiger partial charge in [-0.3, -0.25) is 0 Å². The van der Waals surface area contributed by atoms with Gasteiger partial charge in [-0.25, -0.2) is 9.97 Å². The third-order valence-corrected chi connectivity index (χ3v) is 4.03. The van der Waals surface area contributed by atoms with Crippen LogP contribution in [0.4, 0.5) is 11.6 Å². The van der Waals surface area contributed by atoms with Crippen LogP contribution in [-0.4, -0.2) is 34.0 Å². The zero-order chi connectivity index (χ0) is 15.2. The van der Waals surface area contributed by atoms with E-state index in [9.17, 15) is 0 Å². The van der Waals surface area contributed by atoms with E-state index in [2.05, 4.69) is 47.3 Å². The molecule has 2 rings (SSSR count). The van der Waals surface area contributed by atoms with Gasteiger partial charge in [0.15, 0.2) is 11.5 Å². The van der Waals surface area contributed by atoms with Crippen LogP contribution in [0.3, 0.4) is 0 Å². The van der Waals surface area contributed by atoms with Gasteiger partial charge in [-0.1, -0.05) is 26.7 Å². The number of hydrogen-bond acceptors (Lipinski definition) is 4. The Morgan fingerprint density at radius 1 is 1.24 bits per heavy atom. The van der Waals surface area contributed by atoms with Crippen LogP contribution in [0.5, 0.6) is 0 Å². The molecule has 0 aliphatic heterocycles. The summed E-state index contributed by atoms with van der Waals surface area (Å²) in [6, 6.07) is 0. The van der Waals surface area contributed by atoms with Gasteiger partial charge in [0.2, 0.25) is 0 Å². The van der Waals surface area contributed by atoms with Crippen LogP contribution < -0.4 is 10.2 Å². The molecule has 0 bridgehead atoms. The van der Waals surface area contributed by atoms with Crippen molar-refractivity contribution in [1.29, 1.82) is 0 Å². The van der Waals surface area contributed by atoms with Crippen molar-refractivity contribution in [1.82, 2.24) is 14.4 Å². The Kier molecular flexibility index (Phi) is 5.42. The SMILES string of the molecule is CCNc1cn2ccnc2c(N(CC)CC(CC)CC)n1. The minimum absolute atomic E-state index is 0.699. The van der Waals surface area contributed by atoms with Gasteiger partial charge in [-0.05, 0) is 19.8 Å². The number of rotatable bonds is 8. The molecule has 0 saturated carbocycles. The molecule has 2 aromatic rings. The second-order valence-corrected chi connectivity index (χ2v) is 5.36. The van der Waals surface area contributed by atoms with E-state index in [4.69, 9.17) is 4.98 Å². The van der Waals surface area contributed by atoms with Crippen LogP contribution in [0.2, 0.25) is 0 Å². The predicted molar refractivity (Wildman–Crippen MR) is 89.1 cm³/mol. The van der Waals surface area contributed by atoms with Gasteiger partial charge < -0.3 is 14.6 Å². The van der Waals surface area contributed by atoms with Gasteiger partial charge in [0.05, 0.1) is 6.20 Å². The lowest BCUT2D eigenvalue weighted by Crippen LogP contribution is -2.30. The summed E-state index contributed by atoms with van der Waals surface area (Å²) in [7, 11) is 0. The van der Waals surface area contributed by atoms with Crippen molar-refractivity contribution in [3.8, 4) is 0 Å². The van der Waals surface area contributed by atoms with Crippen molar-refractivity contribution in [2.24, 2.45) is 5.92 Å². The standard InChI is InChI=1S/C16H27N5/c1-5-13(6-2)11-20(8-4)16-15-18-9-10-21(15)12-14(19-16)17-7-3/h9-10,12-13,17H,5-8,11H2,1-4H3. The van der Waals surface area contributed by atoms with Crippen LogP contribution in [0.25, 0.3) is 5.65 Å². The van der Waals surface area contributed by atoms with Gasteiger partial charge >= 0.3 is 0 Å². The number of fused-ring (bicyclic) bond motifs is 1. The van der Waals surface area contributed by atoms with E-state index in [1.54, 1.807) is 0 Å². The maximum atomic E-state index is 4.79. The van der Waals surface area contributed by atoms with Crippen molar-refractivity contribution in [2.45, 2.75) is 40.5 Å². The fourth-order valence-electron chi connectivity index (χ4n) is 2.62. The van der Waals surface area contributed by atoms with E-state index in [0.29, 0.717) is 5.92 Å². The fourth-order valence-corrected chi connectivity index (χ4v) is 2.62. The lowest BCUT2D eigenvalue weighted by molar-refractivity contribution is 0.484. The van der Waals surface area contributed by atoms with Crippen LogP contribution in [-0.2, 0) is 0 Å². The summed E-state index contributed by atoms with van der Waals surface area (Å²) >= 11 is 0. The molecule has 5 heteroatoms. The molecule has 0 aliphatic rings. The topological polar surface area (TPSA) is 45.5 Å². The summed E-state index contributed by atoms with van der Waals surface area (Å²) < 4.78 is 2.05. The lowest BCUT2D eigenvalue weighted by Gasteiger charge is -2.27. The highest BCUT2D eigenvalue weighted by Gasteiger charge is 2.16. The summed E-state index contributed by atoms with van der Waals surface area (Å²) in [5.74, 6) is 2.58. The molecular weight excluding hydrogens is 262 g/mol. The monoisotopic (exact) mass is 289 g/mol. The van der Waals surface area contributed by atoms with E-state index in [-0.39, 0.29) is 0 Å². The first-order chi connectivity index (χ1) is 10.2. The first-order valence-corrected chi connectivity index (χ1v) is 8.05. The Morgan fingerprint density at radius 3 is 2.62 bits per heavy atom. The van der Waals surface area contributed by atoms with Crippen molar-refractivity contribution >= 4 is 17.3 Å². The fraction of sp³-hybridized carbons (Fsp3) is 0.625. The van der Waals surface area contributed by atoms with Gasteiger partial charge in [0.1, 0.15) is 5.82 Å². The Hall–Kier alpha value is -1.78. The molecule has 5 nitrogen and oxygen atoms in total. The minimum Gasteiger partial charge on any atom is -0.369 e. The quantitative estimate of drug-likeness (QED) is 0.809.